The van der Waals surface area contributed by atoms with Crippen LogP contribution in [0.2, 0.25) is 0 Å². The maximum absolute atomic E-state index is 5.75. The van der Waals surface area contributed by atoms with Crippen LogP contribution in [0.15, 0.2) is 30.3 Å². The van der Waals surface area contributed by atoms with Gasteiger partial charge in [-0.15, -0.1) is 0 Å². The van der Waals surface area contributed by atoms with Crippen LogP contribution in [0.3, 0.4) is 0 Å². The highest BCUT2D eigenvalue weighted by molar-refractivity contribution is 6.66. The van der Waals surface area contributed by atoms with Crippen molar-refractivity contribution in [3.8, 4) is 0 Å². The molecule has 0 aliphatic rings. The molecule has 10 heavy (non-hydrogen) atoms. The van der Waals surface area contributed by atoms with Gasteiger partial charge in [-0.25, -0.2) is 0 Å². The van der Waals surface area contributed by atoms with Gasteiger partial charge in [0.2, 0.25) is 0 Å². The number of hydrogen-bond acceptors (Lipinski definition) is 2. The predicted octanol–water partition coefficient (Wildman–Crippen LogP) is -1.63. The highest BCUT2D eigenvalue weighted by Crippen LogP contribution is 1.83. The quantitative estimate of drug-likeness (QED) is 0.540. The lowest BCUT2D eigenvalue weighted by Crippen LogP contribution is -2.42. The molecule has 0 bridgehead atoms. The Bertz CT molecular complexity index is 192. The Morgan fingerprint density at radius 2 is 1.90 bits per heavy atom. The van der Waals surface area contributed by atoms with Gasteiger partial charge in [0.05, 0.1) is 0 Å². The van der Waals surface area contributed by atoms with Crippen molar-refractivity contribution in [2.24, 2.45) is 5.40 Å². The van der Waals surface area contributed by atoms with E-state index in [4.69, 9.17) is 9.51 Å². The molecule has 0 spiro atoms. The highest BCUT2D eigenvalue weighted by Gasteiger charge is 2.03. The second-order valence-corrected chi connectivity index (χ2v) is 5.46. The molecule has 1 atom stereocenters. The summed E-state index contributed by atoms with van der Waals surface area (Å²) in [5, 5.41) is 6.92. The summed E-state index contributed by atoms with van der Waals surface area (Å²) >= 11 is 0. The summed E-state index contributed by atoms with van der Waals surface area (Å²) in [5.74, 6) is 0. The maximum atomic E-state index is 5.75. The zero-order valence-electron chi connectivity index (χ0n) is 5.95. The molecule has 0 aliphatic heterocycles. The molecule has 4 heteroatoms. The van der Waals surface area contributed by atoms with E-state index in [1.165, 1.54) is 5.19 Å². The van der Waals surface area contributed by atoms with E-state index in [9.17, 15) is 0 Å². The molecule has 0 saturated carbocycles. The van der Waals surface area contributed by atoms with Crippen LogP contribution in [-0.4, -0.2) is 19.7 Å². The van der Waals surface area contributed by atoms with Crippen molar-refractivity contribution in [2.45, 2.75) is 0 Å². The Hall–Kier alpha value is -0.426. The summed E-state index contributed by atoms with van der Waals surface area (Å²) in [4.78, 5) is 0. The van der Waals surface area contributed by atoms with Crippen molar-refractivity contribution in [3.05, 3.63) is 30.3 Å². The fourth-order valence-corrected chi connectivity index (χ4v) is 2.47. The molecule has 0 saturated heterocycles. The van der Waals surface area contributed by atoms with Gasteiger partial charge in [0, 0.05) is 0 Å². The first-order chi connectivity index (χ1) is 4.84. The third-order valence-electron chi connectivity index (χ3n) is 1.38. The average Bonchev–Trinajstić information content (AvgIpc) is 2.05. The van der Waals surface area contributed by atoms with Gasteiger partial charge < -0.3 is 9.51 Å². The summed E-state index contributed by atoms with van der Waals surface area (Å²) in [6, 6.07) is 10.0. The van der Waals surface area contributed by atoms with Gasteiger partial charge in [-0.1, -0.05) is 30.3 Å². The first-order valence-electron chi connectivity index (χ1n) is 3.18. The van der Waals surface area contributed by atoms with E-state index in [-0.39, 0.29) is 0 Å². The normalized spacial score (nSPS) is 13.3. The smallest absolute Gasteiger partial charge is 0.271 e. The fourth-order valence-electron chi connectivity index (χ4n) is 0.779. The van der Waals surface area contributed by atoms with Crippen LogP contribution in [-0.2, 0) is 4.12 Å². The Morgan fingerprint density at radius 3 is 2.40 bits per heavy atom. The number of rotatable bonds is 2. The first kappa shape index (κ1) is 7.68. The van der Waals surface area contributed by atoms with Gasteiger partial charge in [-0.2, -0.15) is 0 Å². The van der Waals surface area contributed by atoms with Crippen LogP contribution in [0.25, 0.3) is 0 Å². The Balaban J connectivity index is 2.75. The molecule has 0 radical (unpaired) electrons. The second kappa shape index (κ2) is 3.67. The molecule has 54 valence electrons. The van der Waals surface area contributed by atoms with Crippen molar-refractivity contribution in [1.82, 2.24) is 0 Å². The van der Waals surface area contributed by atoms with E-state index in [2.05, 4.69) is 0 Å². The fraction of sp³-hybridized carbons (Fsp3) is 0. The van der Waals surface area contributed by atoms with Crippen molar-refractivity contribution < 1.29 is 4.12 Å². The standard InChI is InChI=1S/C6H11NOSi2/c7-10(8-9)6-4-2-1-3-5-6/h1-5,10H,7H2,9H3. The molecule has 2 nitrogen and oxygen atoms in total. The zero-order valence-corrected chi connectivity index (χ0v) is 9.10. The lowest BCUT2D eigenvalue weighted by Gasteiger charge is -2.05. The Kier molecular flexibility index (Phi) is 2.82. The maximum Gasteiger partial charge on any atom is 0.271 e. The van der Waals surface area contributed by atoms with Gasteiger partial charge >= 0.3 is 0 Å². The molecule has 2 N–H and O–H groups in total. The molecule has 1 aromatic carbocycles. The van der Waals surface area contributed by atoms with Crippen LogP contribution in [0.1, 0.15) is 0 Å². The molecule has 0 amide bonds. The first-order valence-corrected chi connectivity index (χ1v) is 5.71. The van der Waals surface area contributed by atoms with Crippen LogP contribution < -0.4 is 10.6 Å². The molecule has 1 aromatic rings. The average molecular weight is 169 g/mol. The van der Waals surface area contributed by atoms with Gasteiger partial charge in [0.15, 0.2) is 0 Å². The van der Waals surface area contributed by atoms with E-state index in [1.54, 1.807) is 0 Å². The minimum Gasteiger partial charge on any atom is -0.452 e. The number of benzene rings is 1. The van der Waals surface area contributed by atoms with E-state index in [0.29, 0.717) is 0 Å². The van der Waals surface area contributed by atoms with Gasteiger partial charge in [0.1, 0.15) is 10.5 Å². The van der Waals surface area contributed by atoms with Crippen molar-refractivity contribution in [1.29, 1.82) is 0 Å². The van der Waals surface area contributed by atoms with Crippen LogP contribution in [0.4, 0.5) is 0 Å². The summed E-state index contributed by atoms with van der Waals surface area (Å²) in [5.41, 5.74) is 0. The van der Waals surface area contributed by atoms with E-state index in [0.717, 1.165) is 10.5 Å². The predicted molar refractivity (Wildman–Crippen MR) is 48.4 cm³/mol. The molecular weight excluding hydrogens is 158 g/mol. The zero-order chi connectivity index (χ0) is 7.40. The van der Waals surface area contributed by atoms with E-state index >= 15 is 0 Å². The third-order valence-corrected chi connectivity index (χ3v) is 4.46. The van der Waals surface area contributed by atoms with E-state index < -0.39 is 9.20 Å². The van der Waals surface area contributed by atoms with Crippen molar-refractivity contribution >= 4 is 24.9 Å². The largest absolute Gasteiger partial charge is 0.452 e. The molecule has 0 aliphatic carbocycles. The Morgan fingerprint density at radius 1 is 1.30 bits per heavy atom. The third kappa shape index (κ3) is 1.78. The minimum absolute atomic E-state index is 0.744. The molecule has 0 aromatic heterocycles. The number of hydrogen-bond donors (Lipinski definition) is 1. The Labute approximate surface area is 65.4 Å². The van der Waals surface area contributed by atoms with Crippen LogP contribution in [0.5, 0.6) is 0 Å². The monoisotopic (exact) mass is 169 g/mol. The summed E-state index contributed by atoms with van der Waals surface area (Å²) < 4.78 is 5.19. The van der Waals surface area contributed by atoms with Crippen LogP contribution >= 0.6 is 0 Å². The molecule has 1 rings (SSSR count). The van der Waals surface area contributed by atoms with Crippen molar-refractivity contribution in [3.63, 3.8) is 0 Å². The second-order valence-electron chi connectivity index (χ2n) is 2.07. The van der Waals surface area contributed by atoms with Gasteiger partial charge in [-0.3, -0.25) is 0 Å². The summed E-state index contributed by atoms with van der Waals surface area (Å²) in [7, 11) is -0.734. The minimum atomic E-state index is -1.48. The van der Waals surface area contributed by atoms with Gasteiger partial charge in [0.25, 0.3) is 9.20 Å². The lowest BCUT2D eigenvalue weighted by molar-refractivity contribution is 0.648. The number of nitrogens with two attached hydrogens (primary N) is 1. The molecule has 1 unspecified atom stereocenters. The van der Waals surface area contributed by atoms with Crippen LogP contribution in [0, 0.1) is 0 Å². The highest BCUT2D eigenvalue weighted by atomic mass is 28.3. The van der Waals surface area contributed by atoms with E-state index in [1.807, 2.05) is 30.3 Å². The van der Waals surface area contributed by atoms with Crippen molar-refractivity contribution in [2.75, 3.05) is 0 Å². The molecular formula is C6H11NOSi2. The summed E-state index contributed by atoms with van der Waals surface area (Å²) in [6.45, 7) is 0. The van der Waals surface area contributed by atoms with Gasteiger partial charge in [-0.05, 0) is 5.19 Å². The molecule has 0 fully saturated rings. The molecule has 0 heterocycles. The summed E-state index contributed by atoms with van der Waals surface area (Å²) in [6.07, 6.45) is 0. The topological polar surface area (TPSA) is 35.2 Å². The lowest BCUT2D eigenvalue weighted by atomic mass is 10.4. The SMILES string of the molecule is N[SiH](O[SiH3])c1ccccc1.